The lowest BCUT2D eigenvalue weighted by atomic mass is 9.98. The van der Waals surface area contributed by atoms with E-state index in [1.807, 2.05) is 66.7 Å². The Bertz CT molecular complexity index is 4310. The van der Waals surface area contributed by atoms with Gasteiger partial charge in [0.15, 0.2) is 11.6 Å². The summed E-state index contributed by atoms with van der Waals surface area (Å²) >= 11 is 1.58. The number of hydrogen-bond acceptors (Lipinski definition) is 7. The standard InChI is InChI=1S/C54H30F2N8O2S/c55-39-18-4-1-11-34(39)49-57-40-19-5-2-12-35(40)51(65)63(49)54-61-44-25-23-30(28-45(44)62-54)29-24-26-46-38(27-29)33-16-10-15-32(48(33)67-46)31-14-9-17-37(47(31)56)50-58-41-20-6-3-13-36(41)52(66)64(50)53-59-42-21-7-8-22-43(42)60-53/h1-28H,(H,59,60)(H,61,62). The van der Waals surface area contributed by atoms with E-state index in [-0.39, 0.29) is 45.8 Å². The smallest absolute Gasteiger partial charge is 0.268 e. The average Bonchev–Trinajstić information content (AvgIpc) is 4.09. The van der Waals surface area contributed by atoms with Gasteiger partial charge < -0.3 is 9.97 Å². The number of H-pyrrole nitrogens is 2. The number of aromatic nitrogens is 8. The molecule has 0 spiro atoms. The lowest BCUT2D eigenvalue weighted by molar-refractivity contribution is 0.629. The van der Waals surface area contributed by atoms with E-state index in [1.165, 1.54) is 15.2 Å². The Morgan fingerprint density at radius 2 is 0.970 bits per heavy atom. The number of fused-ring (bicyclic) bond motifs is 7. The zero-order valence-electron chi connectivity index (χ0n) is 34.8. The fraction of sp³-hybridized carbons (Fsp3) is 0. The number of halogens is 2. The molecule has 0 unspecified atom stereocenters. The Balaban J connectivity index is 0.911. The maximum absolute atomic E-state index is 17.4. The molecule has 5 aromatic heterocycles. The van der Waals surface area contributed by atoms with Gasteiger partial charge in [0.1, 0.15) is 11.6 Å². The van der Waals surface area contributed by atoms with Crippen LogP contribution in [0.3, 0.4) is 0 Å². The van der Waals surface area contributed by atoms with Crippen molar-refractivity contribution in [1.82, 2.24) is 39.0 Å². The van der Waals surface area contributed by atoms with Crippen molar-refractivity contribution in [3.05, 3.63) is 202 Å². The molecular weight excluding hydrogens is 863 g/mol. The van der Waals surface area contributed by atoms with Gasteiger partial charge in [-0.3, -0.25) is 9.59 Å². The van der Waals surface area contributed by atoms with Gasteiger partial charge in [-0.15, -0.1) is 11.3 Å². The SMILES string of the molecule is O=c1c2ccccc2nc(-c2ccccc2F)n1-c1nc2ccc(-c3ccc4sc5c(-c6cccc(-c7nc8ccccc8c(=O)n7-c7nc8ccccc8[nH]7)c6F)cccc5c4c3)cc2[nH]1. The van der Waals surface area contributed by atoms with Crippen LogP contribution in [-0.2, 0) is 0 Å². The van der Waals surface area contributed by atoms with Crippen LogP contribution < -0.4 is 11.1 Å². The second kappa shape index (κ2) is 14.8. The van der Waals surface area contributed by atoms with E-state index in [0.29, 0.717) is 49.5 Å². The highest BCUT2D eigenvalue weighted by molar-refractivity contribution is 7.26. The molecule has 318 valence electrons. The summed E-state index contributed by atoms with van der Waals surface area (Å²) in [6.45, 7) is 0. The van der Waals surface area contributed by atoms with Crippen molar-refractivity contribution in [3.8, 4) is 56.9 Å². The highest BCUT2D eigenvalue weighted by atomic mass is 32.1. The molecule has 0 saturated carbocycles. The van der Waals surface area contributed by atoms with Gasteiger partial charge in [0.05, 0.1) is 55.0 Å². The second-order valence-electron chi connectivity index (χ2n) is 16.2. The summed E-state index contributed by atoms with van der Waals surface area (Å²) in [5.41, 5.74) is 6.07. The first-order valence-corrected chi connectivity index (χ1v) is 22.2. The van der Waals surface area contributed by atoms with Crippen LogP contribution in [0.2, 0.25) is 0 Å². The molecule has 13 heteroatoms. The Labute approximate surface area is 380 Å². The molecule has 10 nitrogen and oxygen atoms in total. The lowest BCUT2D eigenvalue weighted by Gasteiger charge is -2.14. The lowest BCUT2D eigenvalue weighted by Crippen LogP contribution is -2.23. The highest BCUT2D eigenvalue weighted by Gasteiger charge is 2.24. The number of nitrogens with one attached hydrogen (secondary N) is 2. The fourth-order valence-electron chi connectivity index (χ4n) is 9.09. The third-order valence-electron chi connectivity index (χ3n) is 12.3. The topological polar surface area (TPSA) is 127 Å². The number of thiophene rings is 1. The normalized spacial score (nSPS) is 11.9. The molecule has 0 fully saturated rings. The van der Waals surface area contributed by atoms with Crippen LogP contribution in [0.25, 0.3) is 121 Å². The Kier molecular flexibility index (Phi) is 8.51. The number of benzene rings is 8. The van der Waals surface area contributed by atoms with Gasteiger partial charge in [0, 0.05) is 31.3 Å². The number of para-hydroxylation sites is 4. The number of aromatic amines is 2. The molecular formula is C54H30F2N8O2S. The third-order valence-corrected chi connectivity index (χ3v) is 13.5. The van der Waals surface area contributed by atoms with E-state index in [4.69, 9.17) is 19.9 Å². The Morgan fingerprint density at radius 1 is 0.433 bits per heavy atom. The Hall–Kier alpha value is -8.94. The van der Waals surface area contributed by atoms with Gasteiger partial charge in [0.25, 0.3) is 11.1 Å². The molecule has 13 rings (SSSR count). The van der Waals surface area contributed by atoms with Crippen molar-refractivity contribution < 1.29 is 8.78 Å². The molecule has 13 aromatic rings. The molecule has 0 bridgehead atoms. The molecule has 0 aliphatic rings. The van der Waals surface area contributed by atoms with Crippen molar-refractivity contribution in [1.29, 1.82) is 0 Å². The molecule has 2 N–H and O–H groups in total. The fourth-order valence-corrected chi connectivity index (χ4v) is 10.3. The number of rotatable bonds is 6. The van der Waals surface area contributed by atoms with E-state index in [1.54, 1.807) is 96.3 Å². The highest BCUT2D eigenvalue weighted by Crippen LogP contribution is 2.43. The van der Waals surface area contributed by atoms with Gasteiger partial charge in [-0.1, -0.05) is 91.0 Å². The molecule has 0 saturated heterocycles. The predicted molar refractivity (Wildman–Crippen MR) is 262 cm³/mol. The van der Waals surface area contributed by atoms with Crippen LogP contribution in [0.5, 0.6) is 0 Å². The minimum Gasteiger partial charge on any atom is -0.323 e. The van der Waals surface area contributed by atoms with E-state index in [2.05, 4.69) is 22.1 Å². The van der Waals surface area contributed by atoms with Gasteiger partial charge in [-0.25, -0.2) is 37.9 Å². The van der Waals surface area contributed by atoms with E-state index < -0.39 is 11.6 Å². The first kappa shape index (κ1) is 38.5. The van der Waals surface area contributed by atoms with Crippen LogP contribution >= 0.6 is 11.3 Å². The van der Waals surface area contributed by atoms with Crippen LogP contribution in [0.15, 0.2) is 179 Å². The molecule has 67 heavy (non-hydrogen) atoms. The molecule has 0 radical (unpaired) electrons. The summed E-state index contributed by atoms with van der Waals surface area (Å²) in [7, 11) is 0. The van der Waals surface area contributed by atoms with Gasteiger partial charge in [-0.05, 0) is 90.0 Å². The van der Waals surface area contributed by atoms with Crippen LogP contribution in [0.1, 0.15) is 0 Å². The largest absolute Gasteiger partial charge is 0.323 e. The minimum absolute atomic E-state index is 0.128. The summed E-state index contributed by atoms with van der Waals surface area (Å²) in [6.07, 6.45) is 0. The van der Waals surface area contributed by atoms with Gasteiger partial charge in [-0.2, -0.15) is 0 Å². The zero-order chi connectivity index (χ0) is 44.9. The number of hydrogen-bond donors (Lipinski definition) is 2. The number of nitrogens with zero attached hydrogens (tertiary/aromatic N) is 6. The predicted octanol–water partition coefficient (Wildman–Crippen LogP) is 12.2. The van der Waals surface area contributed by atoms with E-state index in [9.17, 15) is 9.59 Å². The third kappa shape index (κ3) is 6.05. The summed E-state index contributed by atoms with van der Waals surface area (Å²) in [4.78, 5) is 54.0. The monoisotopic (exact) mass is 892 g/mol. The van der Waals surface area contributed by atoms with Crippen molar-refractivity contribution in [2.75, 3.05) is 0 Å². The van der Waals surface area contributed by atoms with Crippen LogP contribution in [0, 0.1) is 11.6 Å². The van der Waals surface area contributed by atoms with Crippen molar-refractivity contribution >= 4 is 75.4 Å². The first-order valence-electron chi connectivity index (χ1n) is 21.3. The van der Waals surface area contributed by atoms with Crippen LogP contribution in [-0.4, -0.2) is 39.0 Å². The maximum Gasteiger partial charge on any atom is 0.268 e. The van der Waals surface area contributed by atoms with Crippen molar-refractivity contribution in [2.24, 2.45) is 0 Å². The molecule has 5 heterocycles. The summed E-state index contributed by atoms with van der Waals surface area (Å²) < 4.78 is 37.3. The number of imidazole rings is 2. The van der Waals surface area contributed by atoms with E-state index in [0.717, 1.165) is 36.8 Å². The summed E-state index contributed by atoms with van der Waals surface area (Å²) in [5, 5.41) is 2.73. The Morgan fingerprint density at radius 3 is 1.70 bits per heavy atom. The molecule has 0 aliphatic carbocycles. The van der Waals surface area contributed by atoms with Crippen LogP contribution in [0.4, 0.5) is 8.78 Å². The quantitative estimate of drug-likeness (QED) is 0.171. The minimum atomic E-state index is -0.518. The summed E-state index contributed by atoms with van der Waals surface area (Å²) in [5.74, 6) is -0.311. The summed E-state index contributed by atoms with van der Waals surface area (Å²) in [6, 6.07) is 50.9. The van der Waals surface area contributed by atoms with Crippen molar-refractivity contribution in [3.63, 3.8) is 0 Å². The van der Waals surface area contributed by atoms with Gasteiger partial charge >= 0.3 is 0 Å². The molecule has 0 amide bonds. The second-order valence-corrected chi connectivity index (χ2v) is 17.3. The van der Waals surface area contributed by atoms with Gasteiger partial charge in [0.2, 0.25) is 11.9 Å². The molecule has 0 atom stereocenters. The molecule has 0 aliphatic heterocycles. The van der Waals surface area contributed by atoms with E-state index >= 15 is 8.78 Å². The molecule has 8 aromatic carbocycles. The maximum atomic E-state index is 17.4. The first-order chi connectivity index (χ1) is 32.9. The van der Waals surface area contributed by atoms with Crippen molar-refractivity contribution in [2.45, 2.75) is 0 Å². The average molecular weight is 893 g/mol. The zero-order valence-corrected chi connectivity index (χ0v) is 35.6.